The van der Waals surface area contributed by atoms with E-state index in [0.29, 0.717) is 31.3 Å². The van der Waals surface area contributed by atoms with E-state index in [1.807, 2.05) is 14.1 Å². The van der Waals surface area contributed by atoms with Gasteiger partial charge in [-0.15, -0.1) is 0 Å². The van der Waals surface area contributed by atoms with Gasteiger partial charge in [-0.1, -0.05) is 36.5 Å². The van der Waals surface area contributed by atoms with Crippen LogP contribution in [0, 0.1) is 34.5 Å². The Morgan fingerprint density at radius 2 is 1.94 bits per heavy atom. The van der Waals surface area contributed by atoms with E-state index in [-0.39, 0.29) is 35.9 Å². The zero-order valence-corrected chi connectivity index (χ0v) is 21.7. The van der Waals surface area contributed by atoms with Gasteiger partial charge in [0.15, 0.2) is 5.78 Å². The number of fused-ring (bicyclic) bond motifs is 4. The van der Waals surface area contributed by atoms with Crippen molar-refractivity contribution in [1.82, 2.24) is 0 Å². The first-order valence-corrected chi connectivity index (χ1v) is 13.1. The van der Waals surface area contributed by atoms with E-state index in [1.165, 1.54) is 11.1 Å². The molecule has 0 amide bonds. The zero-order valence-electron chi connectivity index (χ0n) is 21.7. The van der Waals surface area contributed by atoms with Crippen molar-refractivity contribution in [3.63, 3.8) is 0 Å². The number of hydrogen-bond acceptors (Lipinski definition) is 4. The molecule has 2 fully saturated rings. The number of ketones is 2. The third-order valence-electron chi connectivity index (χ3n) is 9.74. The molecule has 0 radical (unpaired) electrons. The number of allylic oxidation sites excluding steroid dienone is 4. The number of rotatable bonds is 3. The van der Waals surface area contributed by atoms with Crippen LogP contribution in [0.4, 0.5) is 10.1 Å². The highest BCUT2D eigenvalue weighted by molar-refractivity contribution is 5.93. The highest BCUT2D eigenvalue weighted by Gasteiger charge is 2.65. The summed E-state index contributed by atoms with van der Waals surface area (Å²) in [6.45, 7) is 3.53. The molecule has 5 rings (SSSR count). The normalized spacial score (nSPS) is 35.2. The number of benzene rings is 1. The van der Waals surface area contributed by atoms with Crippen LogP contribution >= 0.6 is 0 Å². The van der Waals surface area contributed by atoms with Crippen molar-refractivity contribution in [3.05, 3.63) is 52.6 Å². The molecule has 0 heterocycles. The molecule has 190 valence electrons. The van der Waals surface area contributed by atoms with Crippen molar-refractivity contribution >= 4 is 17.3 Å². The van der Waals surface area contributed by atoms with Crippen LogP contribution in [0.3, 0.4) is 0 Å². The first-order chi connectivity index (χ1) is 17.1. The second-order valence-corrected chi connectivity index (χ2v) is 11.5. The number of aliphatic hydroxyl groups excluding tert-OH is 1. The maximum absolute atomic E-state index is 15.7. The molecule has 1 aromatic carbocycles. The van der Waals surface area contributed by atoms with Crippen molar-refractivity contribution < 1.29 is 19.1 Å². The Bertz CT molecular complexity index is 1220. The molecular weight excluding hydrogens is 453 g/mol. The van der Waals surface area contributed by atoms with Crippen LogP contribution in [0.5, 0.6) is 0 Å². The first-order valence-electron chi connectivity index (χ1n) is 13.1. The number of Topliss-reactive ketones (excluding diaryl/α,β-unsaturated/α-hetero) is 1. The Morgan fingerprint density at radius 3 is 2.58 bits per heavy atom. The molecule has 6 atom stereocenters. The number of carbonyl (C=O) groups is 2. The molecule has 1 N–H and O–H groups in total. The summed E-state index contributed by atoms with van der Waals surface area (Å²) in [5.41, 5.74) is 3.92. The summed E-state index contributed by atoms with van der Waals surface area (Å²) < 4.78 is 15.7. The topological polar surface area (TPSA) is 57.6 Å². The summed E-state index contributed by atoms with van der Waals surface area (Å²) in [6.07, 6.45) is 3.96. The van der Waals surface area contributed by atoms with Crippen molar-refractivity contribution in [1.29, 1.82) is 0 Å². The molecule has 1 unspecified atom stereocenters. The van der Waals surface area contributed by atoms with Crippen LogP contribution in [0.1, 0.15) is 63.9 Å². The van der Waals surface area contributed by atoms with Crippen molar-refractivity contribution in [3.8, 4) is 11.8 Å². The summed E-state index contributed by atoms with van der Waals surface area (Å²) >= 11 is 0. The molecule has 36 heavy (non-hydrogen) atoms. The molecule has 0 saturated heterocycles. The summed E-state index contributed by atoms with van der Waals surface area (Å²) in [5.74, 6) is 6.27. The molecule has 0 bridgehead atoms. The van der Waals surface area contributed by atoms with Crippen LogP contribution < -0.4 is 4.90 Å². The predicted octanol–water partition coefficient (Wildman–Crippen LogP) is 5.17. The second kappa shape index (κ2) is 8.99. The van der Waals surface area contributed by atoms with Gasteiger partial charge in [0.05, 0.1) is 5.41 Å². The zero-order chi connectivity index (χ0) is 25.8. The van der Waals surface area contributed by atoms with Gasteiger partial charge in [-0.2, -0.15) is 0 Å². The van der Waals surface area contributed by atoms with Crippen molar-refractivity contribution in [2.75, 3.05) is 25.6 Å². The Balaban J connectivity index is 1.72. The van der Waals surface area contributed by atoms with Gasteiger partial charge in [-0.3, -0.25) is 9.59 Å². The van der Waals surface area contributed by atoms with Gasteiger partial charge in [0.1, 0.15) is 18.6 Å². The molecule has 0 spiro atoms. The van der Waals surface area contributed by atoms with E-state index in [0.717, 1.165) is 24.1 Å². The number of hydrogen-bond donors (Lipinski definition) is 1. The summed E-state index contributed by atoms with van der Waals surface area (Å²) in [6, 6.07) is 8.56. The van der Waals surface area contributed by atoms with Crippen LogP contribution in [0.15, 0.2) is 47.1 Å². The number of aliphatic hydroxyl groups is 1. The van der Waals surface area contributed by atoms with Gasteiger partial charge in [0.25, 0.3) is 0 Å². The summed E-state index contributed by atoms with van der Waals surface area (Å²) in [7, 11) is 4.03. The Morgan fingerprint density at radius 1 is 1.22 bits per heavy atom. The molecule has 5 heteroatoms. The van der Waals surface area contributed by atoms with Crippen LogP contribution in [-0.4, -0.2) is 43.5 Å². The van der Waals surface area contributed by atoms with E-state index >= 15 is 4.39 Å². The fourth-order valence-electron chi connectivity index (χ4n) is 8.03. The fraction of sp³-hybridized carbons (Fsp3) is 0.548. The molecular formula is C31H36FNO3. The lowest BCUT2D eigenvalue weighted by molar-refractivity contribution is -0.130. The maximum atomic E-state index is 15.7. The standard InChI is InChI=1S/C31H36FNO3/c1-19(35)31(13-5-15-34)14-12-27-25-17-28(32)24-16-22(36)10-11-23(24)29(25)26(18-30(27,31)2)20-6-8-21(9-7-20)33(3)4/h6-9,16,25-28,34H,10-12,14-15,17-18H2,1-4H3/t25-,26+,27-,28?,30-,31-/m0/s1. The second-order valence-electron chi connectivity index (χ2n) is 11.5. The lowest BCUT2D eigenvalue weighted by Gasteiger charge is -2.55. The smallest absolute Gasteiger partial charge is 0.156 e. The predicted molar refractivity (Wildman–Crippen MR) is 139 cm³/mol. The molecule has 0 aromatic heterocycles. The summed E-state index contributed by atoms with van der Waals surface area (Å²) in [5, 5.41) is 9.50. The van der Waals surface area contributed by atoms with Crippen LogP contribution in [-0.2, 0) is 9.59 Å². The molecule has 1 aromatic rings. The lowest BCUT2D eigenvalue weighted by Crippen LogP contribution is -2.51. The van der Waals surface area contributed by atoms with Crippen LogP contribution in [0.25, 0.3) is 0 Å². The lowest BCUT2D eigenvalue weighted by atomic mass is 9.48. The van der Waals surface area contributed by atoms with Gasteiger partial charge >= 0.3 is 0 Å². The first kappa shape index (κ1) is 25.0. The molecule has 4 aliphatic rings. The van der Waals surface area contributed by atoms with E-state index in [1.54, 1.807) is 13.0 Å². The monoisotopic (exact) mass is 489 g/mol. The fourth-order valence-corrected chi connectivity index (χ4v) is 8.03. The van der Waals surface area contributed by atoms with Gasteiger partial charge in [-0.05, 0) is 91.2 Å². The number of anilines is 1. The Hall–Kier alpha value is -2.71. The van der Waals surface area contributed by atoms with Crippen LogP contribution in [0.2, 0.25) is 0 Å². The van der Waals surface area contributed by atoms with Gasteiger partial charge in [0.2, 0.25) is 0 Å². The van der Waals surface area contributed by atoms with Gasteiger partial charge in [-0.25, -0.2) is 4.39 Å². The number of nitrogens with zero attached hydrogens (tertiary/aromatic N) is 1. The van der Waals surface area contributed by atoms with E-state index in [4.69, 9.17) is 0 Å². The van der Waals surface area contributed by atoms with Gasteiger partial charge < -0.3 is 10.0 Å². The molecule has 2 saturated carbocycles. The number of carbonyl (C=O) groups excluding carboxylic acids is 2. The minimum absolute atomic E-state index is 0.00905. The van der Waals surface area contributed by atoms with E-state index in [9.17, 15) is 14.7 Å². The SMILES string of the molecule is CC(=O)[C@]1(C#CCO)CC[C@H]2[C@@H]3CC(F)C4=CC(=O)CCC4=C3[C@@H](c3ccc(N(C)C)cc3)C[C@@]21C. The largest absolute Gasteiger partial charge is 0.384 e. The molecule has 4 nitrogen and oxygen atoms in total. The molecule has 4 aliphatic carbocycles. The Kier molecular flexibility index (Phi) is 6.24. The highest BCUT2D eigenvalue weighted by Crippen LogP contribution is 2.69. The summed E-state index contributed by atoms with van der Waals surface area (Å²) in [4.78, 5) is 27.6. The third kappa shape index (κ3) is 3.60. The average Bonchev–Trinajstić information content (AvgIpc) is 3.15. The van der Waals surface area contributed by atoms with E-state index < -0.39 is 17.0 Å². The Labute approximate surface area is 213 Å². The maximum Gasteiger partial charge on any atom is 0.156 e. The molecule has 0 aliphatic heterocycles. The third-order valence-corrected chi connectivity index (χ3v) is 9.74. The van der Waals surface area contributed by atoms with E-state index in [2.05, 4.69) is 47.9 Å². The average molecular weight is 490 g/mol. The van der Waals surface area contributed by atoms with Crippen molar-refractivity contribution in [2.45, 2.75) is 64.5 Å². The minimum atomic E-state index is -1.16. The van der Waals surface area contributed by atoms with Gasteiger partial charge in [0, 0.05) is 32.1 Å². The number of halogens is 1. The highest BCUT2D eigenvalue weighted by atomic mass is 19.1. The van der Waals surface area contributed by atoms with Crippen molar-refractivity contribution in [2.24, 2.45) is 22.7 Å². The quantitative estimate of drug-likeness (QED) is 0.595. The number of alkyl halides is 1. The minimum Gasteiger partial charge on any atom is -0.384 e.